The van der Waals surface area contributed by atoms with E-state index in [0.717, 1.165) is 39.1 Å². The van der Waals surface area contributed by atoms with Gasteiger partial charge in [0.05, 0.1) is 12.6 Å². The molecular formula is C28H28FNO2S. The van der Waals surface area contributed by atoms with E-state index in [9.17, 15) is 4.39 Å². The Morgan fingerprint density at radius 1 is 1.00 bits per heavy atom. The molecule has 1 N–H and O–H groups in total. The molecule has 3 nitrogen and oxygen atoms in total. The lowest BCUT2D eigenvalue weighted by Gasteiger charge is -2.33. The fourth-order valence-electron chi connectivity index (χ4n) is 4.40. The quantitative estimate of drug-likeness (QED) is 0.404. The maximum absolute atomic E-state index is 13.9. The van der Waals surface area contributed by atoms with Crippen LogP contribution in [0.3, 0.4) is 0 Å². The second-order valence-corrected chi connectivity index (χ2v) is 9.35. The molecule has 0 bridgehead atoms. The van der Waals surface area contributed by atoms with Gasteiger partial charge in [-0.25, -0.2) is 4.39 Å². The summed E-state index contributed by atoms with van der Waals surface area (Å²) in [7, 11) is 1.55. The summed E-state index contributed by atoms with van der Waals surface area (Å²) in [6, 6.07) is 16.7. The number of thiocarbonyl (C=S) groups is 1. The first kappa shape index (κ1) is 23.0. The van der Waals surface area contributed by atoms with E-state index >= 15 is 0 Å². The smallest absolute Gasteiger partial charge is 0.191 e. The second-order valence-electron chi connectivity index (χ2n) is 8.98. The van der Waals surface area contributed by atoms with Gasteiger partial charge in [-0.3, -0.25) is 0 Å². The van der Waals surface area contributed by atoms with Crippen molar-refractivity contribution in [1.82, 2.24) is 0 Å². The Kier molecular flexibility index (Phi) is 6.26. The van der Waals surface area contributed by atoms with Crippen LogP contribution in [0.2, 0.25) is 0 Å². The van der Waals surface area contributed by atoms with Gasteiger partial charge in [0.25, 0.3) is 0 Å². The molecule has 0 atom stereocenters. The molecule has 1 aliphatic rings. The van der Waals surface area contributed by atoms with Gasteiger partial charge in [0.15, 0.2) is 5.05 Å². The number of aryl methyl sites for hydroxylation is 1. The Bertz CT molecular complexity index is 1250. The number of anilines is 1. The van der Waals surface area contributed by atoms with E-state index in [1.165, 1.54) is 17.7 Å². The van der Waals surface area contributed by atoms with Crippen LogP contribution in [-0.4, -0.2) is 17.7 Å². The highest BCUT2D eigenvalue weighted by Crippen LogP contribution is 2.42. The molecule has 1 aliphatic heterocycles. The Labute approximate surface area is 200 Å². The topological polar surface area (TPSA) is 30.5 Å². The summed E-state index contributed by atoms with van der Waals surface area (Å²) in [6.45, 7) is 8.70. The predicted octanol–water partition coefficient (Wildman–Crippen LogP) is 7.31. The van der Waals surface area contributed by atoms with Gasteiger partial charge < -0.3 is 14.8 Å². The molecule has 0 saturated heterocycles. The number of rotatable bonds is 5. The van der Waals surface area contributed by atoms with Gasteiger partial charge in [-0.15, -0.1) is 0 Å². The Morgan fingerprint density at radius 3 is 2.39 bits per heavy atom. The van der Waals surface area contributed by atoms with Gasteiger partial charge in [0.1, 0.15) is 18.2 Å². The standard InChI is InChI=1S/C28H28FNO2S/c1-17-6-8-19(9-7-17)27(33)32-16-23-21(22-11-10-20(29)14-25(22)31-5)12-13-24-26(23)18(2)15-28(3,4)30-24/h6-15,30H,16H2,1-5H3. The zero-order valence-electron chi connectivity index (χ0n) is 19.6. The number of ether oxygens (including phenoxy) is 2. The van der Waals surface area contributed by atoms with E-state index in [1.807, 2.05) is 37.3 Å². The molecule has 0 aromatic heterocycles. The molecule has 0 spiro atoms. The minimum Gasteiger partial charge on any atom is -0.496 e. The highest BCUT2D eigenvalue weighted by atomic mass is 32.1. The zero-order chi connectivity index (χ0) is 23.8. The van der Waals surface area contributed by atoms with E-state index in [4.69, 9.17) is 21.7 Å². The third-order valence-electron chi connectivity index (χ3n) is 5.83. The van der Waals surface area contributed by atoms with Gasteiger partial charge in [-0.05, 0) is 69.2 Å². The van der Waals surface area contributed by atoms with Gasteiger partial charge in [-0.2, -0.15) is 0 Å². The molecule has 5 heteroatoms. The number of nitrogens with one attached hydrogen (secondary N) is 1. The van der Waals surface area contributed by atoms with Crippen molar-refractivity contribution in [2.45, 2.75) is 39.8 Å². The van der Waals surface area contributed by atoms with Crippen LogP contribution in [0.25, 0.3) is 16.7 Å². The van der Waals surface area contributed by atoms with Gasteiger partial charge in [-0.1, -0.05) is 42.0 Å². The fraction of sp³-hybridized carbons (Fsp3) is 0.250. The van der Waals surface area contributed by atoms with Crippen molar-refractivity contribution in [2.24, 2.45) is 0 Å². The number of methoxy groups -OCH3 is 1. The minimum absolute atomic E-state index is 0.165. The van der Waals surface area contributed by atoms with E-state index in [2.05, 4.69) is 38.2 Å². The molecular weight excluding hydrogens is 433 g/mol. The van der Waals surface area contributed by atoms with Crippen molar-refractivity contribution in [3.63, 3.8) is 0 Å². The average Bonchev–Trinajstić information content (AvgIpc) is 2.76. The number of halogens is 1. The molecule has 0 saturated carbocycles. The largest absolute Gasteiger partial charge is 0.496 e. The molecule has 0 fully saturated rings. The Hall–Kier alpha value is -3.18. The summed E-state index contributed by atoms with van der Waals surface area (Å²) in [5, 5.41) is 4.03. The minimum atomic E-state index is -0.341. The second kappa shape index (κ2) is 8.99. The Balaban J connectivity index is 1.81. The van der Waals surface area contributed by atoms with Crippen molar-refractivity contribution >= 4 is 28.5 Å². The normalized spacial score (nSPS) is 14.1. The van der Waals surface area contributed by atoms with E-state index < -0.39 is 0 Å². The summed E-state index contributed by atoms with van der Waals surface area (Å²) in [6.07, 6.45) is 2.21. The molecule has 170 valence electrons. The summed E-state index contributed by atoms with van der Waals surface area (Å²) < 4.78 is 25.6. The van der Waals surface area contributed by atoms with Gasteiger partial charge in [0, 0.05) is 34.0 Å². The van der Waals surface area contributed by atoms with Crippen LogP contribution < -0.4 is 10.1 Å². The summed E-state index contributed by atoms with van der Waals surface area (Å²) in [5.74, 6) is 0.134. The SMILES string of the molecule is COc1cc(F)ccc1-c1ccc2c(c1COC(=S)c1ccc(C)cc1)C(C)=CC(C)(C)N2. The lowest BCUT2D eigenvalue weighted by Crippen LogP contribution is -2.32. The van der Waals surface area contributed by atoms with Crippen LogP contribution in [-0.2, 0) is 11.3 Å². The van der Waals surface area contributed by atoms with Crippen LogP contribution in [0, 0.1) is 12.7 Å². The molecule has 1 heterocycles. The van der Waals surface area contributed by atoms with Crippen molar-refractivity contribution < 1.29 is 13.9 Å². The molecule has 4 rings (SSSR count). The maximum Gasteiger partial charge on any atom is 0.191 e. The first-order chi connectivity index (χ1) is 15.7. The number of fused-ring (bicyclic) bond motifs is 1. The van der Waals surface area contributed by atoms with E-state index in [0.29, 0.717) is 10.8 Å². The number of benzene rings is 3. The monoisotopic (exact) mass is 461 g/mol. The lowest BCUT2D eigenvalue weighted by atomic mass is 9.85. The maximum atomic E-state index is 13.9. The zero-order valence-corrected chi connectivity index (χ0v) is 20.4. The van der Waals surface area contributed by atoms with Crippen molar-refractivity contribution in [3.8, 4) is 16.9 Å². The molecule has 0 amide bonds. The molecule has 0 unspecified atom stereocenters. The fourth-order valence-corrected chi connectivity index (χ4v) is 4.59. The van der Waals surface area contributed by atoms with Crippen LogP contribution >= 0.6 is 12.2 Å². The van der Waals surface area contributed by atoms with Crippen LogP contribution in [0.1, 0.15) is 43.0 Å². The first-order valence-corrected chi connectivity index (χ1v) is 11.3. The van der Waals surface area contributed by atoms with Crippen molar-refractivity contribution in [2.75, 3.05) is 12.4 Å². The molecule has 3 aromatic rings. The molecule has 0 aliphatic carbocycles. The lowest BCUT2D eigenvalue weighted by molar-refractivity contribution is 0.302. The summed E-state index contributed by atoms with van der Waals surface area (Å²) >= 11 is 5.58. The average molecular weight is 462 g/mol. The van der Waals surface area contributed by atoms with E-state index in [1.54, 1.807) is 13.2 Å². The highest BCUT2D eigenvalue weighted by Gasteiger charge is 2.27. The van der Waals surface area contributed by atoms with Crippen molar-refractivity contribution in [1.29, 1.82) is 0 Å². The van der Waals surface area contributed by atoms with Crippen LogP contribution in [0.4, 0.5) is 10.1 Å². The third kappa shape index (κ3) is 4.79. The number of hydrogen-bond acceptors (Lipinski definition) is 4. The van der Waals surface area contributed by atoms with E-state index in [-0.39, 0.29) is 18.0 Å². The molecule has 33 heavy (non-hydrogen) atoms. The van der Waals surface area contributed by atoms with Crippen LogP contribution in [0.15, 0.2) is 60.7 Å². The van der Waals surface area contributed by atoms with Gasteiger partial charge >= 0.3 is 0 Å². The predicted molar refractivity (Wildman–Crippen MR) is 137 cm³/mol. The first-order valence-electron chi connectivity index (χ1n) is 10.9. The molecule has 3 aromatic carbocycles. The highest BCUT2D eigenvalue weighted by molar-refractivity contribution is 7.80. The molecule has 0 radical (unpaired) electrons. The Morgan fingerprint density at radius 2 is 1.70 bits per heavy atom. The number of allylic oxidation sites excluding steroid dienone is 1. The van der Waals surface area contributed by atoms with Crippen molar-refractivity contribution in [3.05, 3.63) is 88.7 Å². The third-order valence-corrected chi connectivity index (χ3v) is 6.18. The summed E-state index contributed by atoms with van der Waals surface area (Å²) in [5.41, 5.74) is 7.83. The van der Waals surface area contributed by atoms with Gasteiger partial charge in [0.2, 0.25) is 0 Å². The van der Waals surface area contributed by atoms with Crippen LogP contribution in [0.5, 0.6) is 5.75 Å². The number of hydrogen-bond donors (Lipinski definition) is 1. The summed E-state index contributed by atoms with van der Waals surface area (Å²) in [4.78, 5) is 0.